The maximum Gasteiger partial charge on any atom is 0.0415 e. The van der Waals surface area contributed by atoms with Crippen molar-refractivity contribution in [2.45, 2.75) is 20.3 Å². The van der Waals surface area contributed by atoms with Crippen LogP contribution < -0.4 is 16.2 Å². The minimum absolute atomic E-state index is 0.967. The van der Waals surface area contributed by atoms with Crippen molar-refractivity contribution in [1.29, 1.82) is 0 Å². The van der Waals surface area contributed by atoms with Gasteiger partial charge in [0.25, 0.3) is 0 Å². The Morgan fingerprint density at radius 3 is 2.50 bits per heavy atom. The molecule has 0 aliphatic rings. The van der Waals surface area contributed by atoms with Gasteiger partial charge in [0, 0.05) is 25.5 Å². The molecule has 0 radical (unpaired) electrons. The molecular weight excluding hydrogens is 126 g/mol. The topological polar surface area (TPSA) is 36.1 Å². The molecule has 0 aromatic carbocycles. The Bertz CT molecular complexity index is 99.0. The van der Waals surface area contributed by atoms with Crippen LogP contribution in [0, 0.1) is 0 Å². The lowest BCUT2D eigenvalue weighted by atomic mass is 10.4. The first kappa shape index (κ1) is 9.30. The molecule has 0 aliphatic carbocycles. The molecule has 3 heteroatoms. The Morgan fingerprint density at radius 1 is 1.40 bits per heavy atom. The van der Waals surface area contributed by atoms with Gasteiger partial charge in [-0.15, -0.1) is 0 Å². The Labute approximate surface area is 62.9 Å². The summed E-state index contributed by atoms with van der Waals surface area (Å²) in [6.45, 7) is 5.14. The molecule has 60 valence electrons. The van der Waals surface area contributed by atoms with E-state index in [9.17, 15) is 0 Å². The largest absolute Gasteiger partial charge is 0.390 e. The fraction of sp³-hybridized carbons (Fsp3) is 0.714. The van der Waals surface area contributed by atoms with Gasteiger partial charge in [0.05, 0.1) is 0 Å². The van der Waals surface area contributed by atoms with E-state index in [1.54, 1.807) is 0 Å². The van der Waals surface area contributed by atoms with Crippen LogP contribution in [0.5, 0.6) is 0 Å². The quantitative estimate of drug-likeness (QED) is 0.492. The molecule has 0 aromatic heterocycles. The number of hydrogen-bond acceptors (Lipinski definition) is 3. The maximum atomic E-state index is 3.12. The van der Waals surface area contributed by atoms with E-state index in [0.29, 0.717) is 0 Å². The van der Waals surface area contributed by atoms with Crippen molar-refractivity contribution in [2.75, 3.05) is 13.6 Å². The third-order valence-electron chi connectivity index (χ3n) is 1.15. The van der Waals surface area contributed by atoms with Crippen LogP contribution in [0.3, 0.4) is 0 Å². The van der Waals surface area contributed by atoms with Crippen LogP contribution in [0.25, 0.3) is 0 Å². The first-order valence-corrected chi connectivity index (χ1v) is 3.70. The van der Waals surface area contributed by atoms with E-state index in [2.05, 4.69) is 30.0 Å². The summed E-state index contributed by atoms with van der Waals surface area (Å²) in [6, 6.07) is 0. The van der Waals surface area contributed by atoms with E-state index >= 15 is 0 Å². The van der Waals surface area contributed by atoms with E-state index in [1.807, 2.05) is 13.2 Å². The predicted octanol–water partition coefficient (Wildman–Crippen LogP) is 0.571. The summed E-state index contributed by atoms with van der Waals surface area (Å²) in [4.78, 5) is 0. The number of hydrogen-bond donors (Lipinski definition) is 3. The number of hydrazine groups is 1. The van der Waals surface area contributed by atoms with Gasteiger partial charge in [0.2, 0.25) is 0 Å². The van der Waals surface area contributed by atoms with E-state index < -0.39 is 0 Å². The average Bonchev–Trinajstić information content (AvgIpc) is 1.98. The fourth-order valence-corrected chi connectivity index (χ4v) is 0.612. The highest BCUT2D eigenvalue weighted by molar-refractivity contribution is 4.95. The molecule has 0 amide bonds. The summed E-state index contributed by atoms with van der Waals surface area (Å²) in [7, 11) is 1.86. The Balaban J connectivity index is 3.55. The van der Waals surface area contributed by atoms with Gasteiger partial charge in [-0.05, 0) is 13.3 Å². The molecule has 0 heterocycles. The Hall–Kier alpha value is -0.700. The van der Waals surface area contributed by atoms with E-state index in [4.69, 9.17) is 0 Å². The standard InChI is InChI=1S/C7H17N3/c1-4-7(10-8-3)6-9-5-2/h6,8-10H,4-5H2,1-3H3/b7-6-. The van der Waals surface area contributed by atoms with E-state index in [-0.39, 0.29) is 0 Å². The van der Waals surface area contributed by atoms with Crippen LogP contribution in [0.1, 0.15) is 20.3 Å². The van der Waals surface area contributed by atoms with Gasteiger partial charge in [0.1, 0.15) is 0 Å². The van der Waals surface area contributed by atoms with Crippen molar-refractivity contribution in [1.82, 2.24) is 16.2 Å². The van der Waals surface area contributed by atoms with Crippen molar-refractivity contribution < 1.29 is 0 Å². The number of nitrogens with one attached hydrogen (secondary N) is 3. The molecule has 3 N–H and O–H groups in total. The average molecular weight is 143 g/mol. The lowest BCUT2D eigenvalue weighted by Crippen LogP contribution is -2.27. The third-order valence-corrected chi connectivity index (χ3v) is 1.15. The fourth-order valence-electron chi connectivity index (χ4n) is 0.612. The lowest BCUT2D eigenvalue weighted by Gasteiger charge is -2.06. The van der Waals surface area contributed by atoms with Crippen LogP contribution in [-0.2, 0) is 0 Å². The van der Waals surface area contributed by atoms with E-state index in [0.717, 1.165) is 13.0 Å². The molecule has 0 atom stereocenters. The van der Waals surface area contributed by atoms with Gasteiger partial charge in [-0.2, -0.15) is 0 Å². The van der Waals surface area contributed by atoms with Crippen LogP contribution >= 0.6 is 0 Å². The highest BCUT2D eigenvalue weighted by Gasteiger charge is 1.86. The van der Waals surface area contributed by atoms with Crippen LogP contribution in [-0.4, -0.2) is 13.6 Å². The highest BCUT2D eigenvalue weighted by atomic mass is 15.3. The summed E-state index contributed by atoms with van der Waals surface area (Å²) >= 11 is 0. The molecule has 3 nitrogen and oxygen atoms in total. The molecule has 0 saturated heterocycles. The molecular formula is C7H17N3. The molecule has 0 bridgehead atoms. The second kappa shape index (κ2) is 6.42. The SMILES string of the molecule is CCN/C=C(/CC)NNC. The molecule has 0 saturated carbocycles. The zero-order chi connectivity index (χ0) is 7.82. The molecule has 0 spiro atoms. The van der Waals surface area contributed by atoms with Crippen LogP contribution in [0.2, 0.25) is 0 Å². The number of rotatable bonds is 5. The van der Waals surface area contributed by atoms with E-state index in [1.165, 1.54) is 5.70 Å². The third kappa shape index (κ3) is 4.21. The van der Waals surface area contributed by atoms with Gasteiger partial charge in [-0.1, -0.05) is 6.92 Å². The first-order valence-electron chi connectivity index (χ1n) is 3.70. The van der Waals surface area contributed by atoms with Crippen molar-refractivity contribution >= 4 is 0 Å². The predicted molar refractivity (Wildman–Crippen MR) is 44.2 cm³/mol. The Kier molecular flexibility index (Phi) is 5.97. The first-order chi connectivity index (χ1) is 4.85. The lowest BCUT2D eigenvalue weighted by molar-refractivity contribution is 0.657. The molecule has 0 rings (SSSR count). The second-order valence-corrected chi connectivity index (χ2v) is 1.96. The summed E-state index contributed by atoms with van der Waals surface area (Å²) in [5.41, 5.74) is 7.06. The van der Waals surface area contributed by atoms with Gasteiger partial charge in [-0.3, -0.25) is 0 Å². The minimum Gasteiger partial charge on any atom is -0.390 e. The van der Waals surface area contributed by atoms with Crippen LogP contribution in [0.15, 0.2) is 11.9 Å². The summed E-state index contributed by atoms with van der Waals surface area (Å²) in [5, 5.41) is 3.12. The normalized spacial score (nSPS) is 11.3. The minimum atomic E-state index is 0.967. The van der Waals surface area contributed by atoms with Crippen molar-refractivity contribution in [3.05, 3.63) is 11.9 Å². The zero-order valence-corrected chi connectivity index (χ0v) is 6.99. The second-order valence-electron chi connectivity index (χ2n) is 1.96. The van der Waals surface area contributed by atoms with Crippen molar-refractivity contribution in [2.24, 2.45) is 0 Å². The Morgan fingerprint density at radius 2 is 2.10 bits per heavy atom. The molecule has 0 aliphatic heterocycles. The maximum absolute atomic E-state index is 3.12. The highest BCUT2D eigenvalue weighted by Crippen LogP contribution is 1.89. The monoisotopic (exact) mass is 143 g/mol. The molecule has 0 aromatic rings. The van der Waals surface area contributed by atoms with Gasteiger partial charge >= 0.3 is 0 Å². The molecule has 10 heavy (non-hydrogen) atoms. The van der Waals surface area contributed by atoms with Crippen LogP contribution in [0.4, 0.5) is 0 Å². The van der Waals surface area contributed by atoms with Gasteiger partial charge < -0.3 is 10.7 Å². The van der Waals surface area contributed by atoms with Gasteiger partial charge in [-0.25, -0.2) is 5.43 Å². The summed E-state index contributed by atoms with van der Waals surface area (Å²) in [6.07, 6.45) is 2.99. The number of allylic oxidation sites excluding steroid dienone is 1. The van der Waals surface area contributed by atoms with Crippen molar-refractivity contribution in [3.63, 3.8) is 0 Å². The smallest absolute Gasteiger partial charge is 0.0415 e. The summed E-state index contributed by atoms with van der Waals surface area (Å²) in [5.74, 6) is 0. The summed E-state index contributed by atoms with van der Waals surface area (Å²) < 4.78 is 0. The van der Waals surface area contributed by atoms with Crippen molar-refractivity contribution in [3.8, 4) is 0 Å². The molecule has 0 unspecified atom stereocenters. The molecule has 0 fully saturated rings. The van der Waals surface area contributed by atoms with Gasteiger partial charge in [0.15, 0.2) is 0 Å². The zero-order valence-electron chi connectivity index (χ0n) is 6.99.